The Balaban J connectivity index is 4.33. The lowest BCUT2D eigenvalue weighted by Gasteiger charge is -2.22. The number of rotatable bonds is 2. The van der Waals surface area contributed by atoms with E-state index in [0.29, 0.717) is 0 Å². The summed E-state index contributed by atoms with van der Waals surface area (Å²) in [5.41, 5.74) is -0.427. The minimum absolute atomic E-state index is 0.0856. The maximum absolute atomic E-state index is 11.3. The molecule has 0 aromatic heterocycles. The molecule has 0 unspecified atom stereocenters. The molecule has 0 N–H and O–H groups in total. The van der Waals surface area contributed by atoms with Crippen molar-refractivity contribution in [1.82, 2.24) is 4.90 Å². The summed E-state index contributed by atoms with van der Waals surface area (Å²) in [6.07, 6.45) is 1.66. The van der Waals surface area contributed by atoms with E-state index in [1.54, 1.807) is 25.1 Å². The highest BCUT2D eigenvalue weighted by Crippen LogP contribution is 2.17. The van der Waals surface area contributed by atoms with Crippen molar-refractivity contribution in [3.05, 3.63) is 12.7 Å². The molecule has 58 valence electrons. The van der Waals surface area contributed by atoms with Crippen molar-refractivity contribution in [2.45, 2.75) is 13.8 Å². The molecule has 0 radical (unpaired) electrons. The topological polar surface area (TPSA) is 20.3 Å². The number of amides is 1. The summed E-state index contributed by atoms with van der Waals surface area (Å²) in [5, 5.41) is 0. The first-order chi connectivity index (χ1) is 4.41. The number of carbonyl (C=O) groups excluding carboxylic acids is 1. The highest BCUT2D eigenvalue weighted by atomic mass is 16.2. The van der Waals surface area contributed by atoms with Crippen LogP contribution in [0.1, 0.15) is 13.8 Å². The SMILES string of the molecule is C=CC(C)(C)C(=O)N(C)C. The van der Waals surface area contributed by atoms with Crippen LogP contribution in [0, 0.1) is 5.41 Å². The molecule has 0 aliphatic carbocycles. The molecular weight excluding hydrogens is 126 g/mol. The van der Waals surface area contributed by atoms with Gasteiger partial charge in [0.25, 0.3) is 0 Å². The fourth-order valence-corrected chi connectivity index (χ4v) is 0.664. The van der Waals surface area contributed by atoms with Crippen molar-refractivity contribution in [3.63, 3.8) is 0 Å². The van der Waals surface area contributed by atoms with E-state index in [-0.39, 0.29) is 5.91 Å². The monoisotopic (exact) mass is 141 g/mol. The molecule has 0 bridgehead atoms. The molecule has 0 rings (SSSR count). The number of carbonyl (C=O) groups is 1. The van der Waals surface area contributed by atoms with Gasteiger partial charge in [0.1, 0.15) is 0 Å². The van der Waals surface area contributed by atoms with Crippen LogP contribution in [0.2, 0.25) is 0 Å². The van der Waals surface area contributed by atoms with Crippen molar-refractivity contribution in [1.29, 1.82) is 0 Å². The predicted molar refractivity (Wildman–Crippen MR) is 42.7 cm³/mol. The van der Waals surface area contributed by atoms with Gasteiger partial charge in [-0.05, 0) is 13.8 Å². The van der Waals surface area contributed by atoms with Gasteiger partial charge in [-0.25, -0.2) is 0 Å². The Morgan fingerprint density at radius 2 is 1.90 bits per heavy atom. The third kappa shape index (κ3) is 1.87. The third-order valence-corrected chi connectivity index (χ3v) is 1.47. The Morgan fingerprint density at radius 3 is 2.00 bits per heavy atom. The zero-order valence-electron chi connectivity index (χ0n) is 7.14. The van der Waals surface area contributed by atoms with E-state index in [1.807, 2.05) is 13.8 Å². The lowest BCUT2D eigenvalue weighted by atomic mass is 9.92. The van der Waals surface area contributed by atoms with Crippen LogP contribution in [-0.2, 0) is 4.79 Å². The van der Waals surface area contributed by atoms with E-state index in [1.165, 1.54) is 0 Å². The van der Waals surface area contributed by atoms with Crippen LogP contribution >= 0.6 is 0 Å². The molecule has 0 aliphatic rings. The van der Waals surface area contributed by atoms with Gasteiger partial charge in [-0.3, -0.25) is 4.79 Å². The Hall–Kier alpha value is -0.790. The van der Waals surface area contributed by atoms with E-state index in [4.69, 9.17) is 0 Å². The molecule has 2 heteroatoms. The largest absolute Gasteiger partial charge is 0.348 e. The molecule has 2 nitrogen and oxygen atoms in total. The first kappa shape index (κ1) is 9.21. The van der Waals surface area contributed by atoms with Crippen LogP contribution in [0.4, 0.5) is 0 Å². The van der Waals surface area contributed by atoms with Crippen molar-refractivity contribution in [3.8, 4) is 0 Å². The number of hydrogen-bond acceptors (Lipinski definition) is 1. The second-order valence-corrected chi connectivity index (χ2v) is 3.13. The summed E-state index contributed by atoms with van der Waals surface area (Å²) in [5.74, 6) is 0.0856. The molecule has 0 aromatic carbocycles. The van der Waals surface area contributed by atoms with Crippen LogP contribution in [0.25, 0.3) is 0 Å². The summed E-state index contributed by atoms with van der Waals surface area (Å²) in [7, 11) is 3.49. The van der Waals surface area contributed by atoms with Crippen LogP contribution in [0.15, 0.2) is 12.7 Å². The maximum Gasteiger partial charge on any atom is 0.231 e. The highest BCUT2D eigenvalue weighted by Gasteiger charge is 2.24. The molecule has 0 aromatic rings. The van der Waals surface area contributed by atoms with Gasteiger partial charge >= 0.3 is 0 Å². The van der Waals surface area contributed by atoms with E-state index >= 15 is 0 Å². The third-order valence-electron chi connectivity index (χ3n) is 1.47. The van der Waals surface area contributed by atoms with Gasteiger partial charge in [-0.2, -0.15) is 0 Å². The quantitative estimate of drug-likeness (QED) is 0.530. The Kier molecular flexibility index (Phi) is 2.64. The van der Waals surface area contributed by atoms with Crippen molar-refractivity contribution < 1.29 is 4.79 Å². The molecule has 1 amide bonds. The number of nitrogens with zero attached hydrogens (tertiary/aromatic N) is 1. The van der Waals surface area contributed by atoms with Gasteiger partial charge in [-0.1, -0.05) is 6.08 Å². The van der Waals surface area contributed by atoms with E-state index < -0.39 is 5.41 Å². The average molecular weight is 141 g/mol. The summed E-state index contributed by atoms with van der Waals surface area (Å²) in [6, 6.07) is 0. The fraction of sp³-hybridized carbons (Fsp3) is 0.625. The molecule has 0 spiro atoms. The average Bonchev–Trinajstić information content (AvgIpc) is 1.86. The lowest BCUT2D eigenvalue weighted by molar-refractivity contribution is -0.135. The minimum atomic E-state index is -0.427. The van der Waals surface area contributed by atoms with Crippen LogP contribution in [-0.4, -0.2) is 24.9 Å². The van der Waals surface area contributed by atoms with Crippen molar-refractivity contribution in [2.75, 3.05) is 14.1 Å². The standard InChI is InChI=1S/C8H15NO/c1-6-8(2,3)7(10)9(4)5/h6H,1H2,2-5H3. The van der Waals surface area contributed by atoms with Crippen LogP contribution in [0.3, 0.4) is 0 Å². The zero-order chi connectivity index (χ0) is 8.36. The molecular formula is C8H15NO. The highest BCUT2D eigenvalue weighted by molar-refractivity contribution is 5.83. The van der Waals surface area contributed by atoms with E-state index in [9.17, 15) is 4.79 Å². The molecule has 0 atom stereocenters. The van der Waals surface area contributed by atoms with Gasteiger partial charge < -0.3 is 4.90 Å². The Morgan fingerprint density at radius 1 is 1.50 bits per heavy atom. The summed E-state index contributed by atoms with van der Waals surface area (Å²) >= 11 is 0. The fourth-order valence-electron chi connectivity index (χ4n) is 0.664. The van der Waals surface area contributed by atoms with Gasteiger partial charge in [0.2, 0.25) is 5.91 Å². The molecule has 0 aliphatic heterocycles. The lowest BCUT2D eigenvalue weighted by Crippen LogP contribution is -2.34. The van der Waals surface area contributed by atoms with Gasteiger partial charge in [0.15, 0.2) is 0 Å². The predicted octanol–water partition coefficient (Wildman–Crippen LogP) is 1.29. The first-order valence-electron chi connectivity index (χ1n) is 3.27. The second-order valence-electron chi connectivity index (χ2n) is 3.13. The van der Waals surface area contributed by atoms with Crippen molar-refractivity contribution in [2.24, 2.45) is 5.41 Å². The van der Waals surface area contributed by atoms with Gasteiger partial charge in [0.05, 0.1) is 5.41 Å². The van der Waals surface area contributed by atoms with Gasteiger partial charge in [0, 0.05) is 14.1 Å². The van der Waals surface area contributed by atoms with Crippen LogP contribution < -0.4 is 0 Å². The van der Waals surface area contributed by atoms with Gasteiger partial charge in [-0.15, -0.1) is 6.58 Å². The summed E-state index contributed by atoms with van der Waals surface area (Å²) < 4.78 is 0. The van der Waals surface area contributed by atoms with Crippen LogP contribution in [0.5, 0.6) is 0 Å². The molecule has 0 saturated heterocycles. The second kappa shape index (κ2) is 2.86. The first-order valence-corrected chi connectivity index (χ1v) is 3.27. The molecule has 0 saturated carbocycles. The normalized spacial score (nSPS) is 10.8. The Bertz CT molecular complexity index is 147. The maximum atomic E-state index is 11.3. The van der Waals surface area contributed by atoms with E-state index in [0.717, 1.165) is 0 Å². The summed E-state index contributed by atoms with van der Waals surface area (Å²) in [6.45, 7) is 7.29. The molecule has 0 fully saturated rings. The molecule has 10 heavy (non-hydrogen) atoms. The Labute approximate surface area is 62.5 Å². The summed E-state index contributed by atoms with van der Waals surface area (Å²) in [4.78, 5) is 12.8. The number of hydrogen-bond donors (Lipinski definition) is 0. The van der Waals surface area contributed by atoms with E-state index in [2.05, 4.69) is 6.58 Å². The zero-order valence-corrected chi connectivity index (χ0v) is 7.14. The minimum Gasteiger partial charge on any atom is -0.348 e. The molecule has 0 heterocycles. The van der Waals surface area contributed by atoms with Crippen molar-refractivity contribution >= 4 is 5.91 Å². The smallest absolute Gasteiger partial charge is 0.231 e.